The summed E-state index contributed by atoms with van der Waals surface area (Å²) < 4.78 is 7.25. The maximum absolute atomic E-state index is 11.9. The van der Waals surface area contributed by atoms with Crippen LogP contribution in [0, 0.1) is 12.8 Å². The van der Waals surface area contributed by atoms with Gasteiger partial charge in [0.2, 0.25) is 5.91 Å². The summed E-state index contributed by atoms with van der Waals surface area (Å²) in [6.45, 7) is 8.50. The average molecular weight is 347 g/mol. The number of aromatic nitrogens is 2. The van der Waals surface area contributed by atoms with Gasteiger partial charge < -0.3 is 20.0 Å². The van der Waals surface area contributed by atoms with Gasteiger partial charge in [0.1, 0.15) is 11.6 Å². The maximum Gasteiger partial charge on any atom is 0.234 e. The maximum atomic E-state index is 11.9. The van der Waals surface area contributed by atoms with Gasteiger partial charge in [-0.2, -0.15) is 5.10 Å². The standard InChI is InChI=1S/C18H29N5O2/c1-13(2)12-23-18(22(4)5)16(14(3)21-23)10-19-11-17(24)20-9-15-7-6-8-25-15/h6-8,13,19H,9-12H2,1-5H3,(H,20,24). The highest BCUT2D eigenvalue weighted by Gasteiger charge is 2.17. The van der Waals surface area contributed by atoms with E-state index >= 15 is 0 Å². The molecule has 25 heavy (non-hydrogen) atoms. The van der Waals surface area contributed by atoms with Crippen LogP contribution in [0.3, 0.4) is 0 Å². The van der Waals surface area contributed by atoms with E-state index in [-0.39, 0.29) is 12.5 Å². The van der Waals surface area contributed by atoms with E-state index in [1.54, 1.807) is 12.3 Å². The number of amides is 1. The molecular formula is C18H29N5O2. The number of anilines is 1. The highest BCUT2D eigenvalue weighted by molar-refractivity contribution is 5.77. The van der Waals surface area contributed by atoms with Crippen LogP contribution in [0.2, 0.25) is 0 Å². The van der Waals surface area contributed by atoms with Crippen molar-refractivity contribution in [3.8, 4) is 0 Å². The van der Waals surface area contributed by atoms with Gasteiger partial charge in [0.25, 0.3) is 0 Å². The Morgan fingerprint density at radius 3 is 2.72 bits per heavy atom. The molecule has 0 radical (unpaired) electrons. The number of carbonyl (C=O) groups is 1. The molecule has 0 atom stereocenters. The van der Waals surface area contributed by atoms with Crippen molar-refractivity contribution >= 4 is 11.7 Å². The fourth-order valence-electron chi connectivity index (χ4n) is 2.75. The van der Waals surface area contributed by atoms with E-state index in [0.717, 1.165) is 29.4 Å². The van der Waals surface area contributed by atoms with Gasteiger partial charge in [0.15, 0.2) is 0 Å². The minimum Gasteiger partial charge on any atom is -0.467 e. The van der Waals surface area contributed by atoms with E-state index in [1.807, 2.05) is 31.8 Å². The first-order chi connectivity index (χ1) is 11.9. The van der Waals surface area contributed by atoms with E-state index in [9.17, 15) is 4.79 Å². The molecule has 1 amide bonds. The number of hydrogen-bond donors (Lipinski definition) is 2. The Balaban J connectivity index is 1.91. The van der Waals surface area contributed by atoms with Crippen molar-refractivity contribution in [2.24, 2.45) is 5.92 Å². The number of nitrogens with zero attached hydrogens (tertiary/aromatic N) is 3. The molecule has 0 bridgehead atoms. The molecule has 0 saturated heterocycles. The van der Waals surface area contributed by atoms with Gasteiger partial charge in [-0.15, -0.1) is 0 Å². The van der Waals surface area contributed by atoms with Crippen molar-refractivity contribution in [3.05, 3.63) is 35.4 Å². The summed E-state index contributed by atoms with van der Waals surface area (Å²) in [5, 5.41) is 10.7. The molecule has 138 valence electrons. The smallest absolute Gasteiger partial charge is 0.234 e. The Kier molecular flexibility index (Phi) is 6.64. The van der Waals surface area contributed by atoms with Gasteiger partial charge in [0.05, 0.1) is 25.0 Å². The SMILES string of the molecule is Cc1nn(CC(C)C)c(N(C)C)c1CNCC(=O)NCc1ccco1. The Hall–Kier alpha value is -2.28. The number of hydrogen-bond acceptors (Lipinski definition) is 5. The highest BCUT2D eigenvalue weighted by atomic mass is 16.3. The first kappa shape index (κ1) is 19.1. The van der Waals surface area contributed by atoms with Gasteiger partial charge in [-0.3, -0.25) is 4.79 Å². The molecule has 0 saturated carbocycles. The molecule has 7 heteroatoms. The number of carbonyl (C=O) groups excluding carboxylic acids is 1. The third-order valence-corrected chi connectivity index (χ3v) is 3.81. The summed E-state index contributed by atoms with van der Waals surface area (Å²) in [4.78, 5) is 14.0. The molecule has 2 heterocycles. The largest absolute Gasteiger partial charge is 0.467 e. The van der Waals surface area contributed by atoms with Crippen molar-refractivity contribution in [2.75, 3.05) is 25.5 Å². The van der Waals surface area contributed by atoms with Gasteiger partial charge in [0, 0.05) is 32.7 Å². The van der Waals surface area contributed by atoms with Crippen molar-refractivity contribution in [2.45, 2.75) is 40.4 Å². The summed E-state index contributed by atoms with van der Waals surface area (Å²) in [6.07, 6.45) is 1.60. The van der Waals surface area contributed by atoms with Crippen LogP contribution < -0.4 is 15.5 Å². The molecule has 0 aliphatic heterocycles. The second-order valence-electron chi connectivity index (χ2n) is 6.82. The Bertz CT molecular complexity index is 674. The molecule has 2 N–H and O–H groups in total. The summed E-state index contributed by atoms with van der Waals surface area (Å²) in [5.74, 6) is 2.30. The molecule has 0 aliphatic carbocycles. The lowest BCUT2D eigenvalue weighted by molar-refractivity contribution is -0.120. The zero-order chi connectivity index (χ0) is 18.4. The summed E-state index contributed by atoms with van der Waals surface area (Å²) >= 11 is 0. The first-order valence-corrected chi connectivity index (χ1v) is 8.62. The Morgan fingerprint density at radius 1 is 1.36 bits per heavy atom. The predicted octanol–water partition coefficient (Wildman–Crippen LogP) is 1.91. The molecule has 2 rings (SSSR count). The average Bonchev–Trinajstić information content (AvgIpc) is 3.13. The van der Waals surface area contributed by atoms with Crippen LogP contribution in [-0.2, 0) is 24.4 Å². The molecule has 0 fully saturated rings. The molecule has 0 aliphatic rings. The highest BCUT2D eigenvalue weighted by Crippen LogP contribution is 2.23. The van der Waals surface area contributed by atoms with Crippen LogP contribution in [0.4, 0.5) is 5.82 Å². The minimum atomic E-state index is -0.0602. The topological polar surface area (TPSA) is 75.3 Å². The van der Waals surface area contributed by atoms with Crippen LogP contribution >= 0.6 is 0 Å². The molecule has 2 aromatic heterocycles. The van der Waals surface area contributed by atoms with Crippen molar-refractivity contribution in [1.29, 1.82) is 0 Å². The van der Waals surface area contributed by atoms with E-state index in [0.29, 0.717) is 19.0 Å². The van der Waals surface area contributed by atoms with Crippen LogP contribution in [0.1, 0.15) is 30.9 Å². The quantitative estimate of drug-likeness (QED) is 0.725. The van der Waals surface area contributed by atoms with Gasteiger partial charge in [-0.25, -0.2) is 4.68 Å². The lowest BCUT2D eigenvalue weighted by Gasteiger charge is -2.18. The van der Waals surface area contributed by atoms with E-state index in [2.05, 4.69) is 34.5 Å². The third-order valence-electron chi connectivity index (χ3n) is 3.81. The minimum absolute atomic E-state index is 0.0602. The Labute approximate surface area is 149 Å². The first-order valence-electron chi connectivity index (χ1n) is 8.62. The van der Waals surface area contributed by atoms with E-state index < -0.39 is 0 Å². The van der Waals surface area contributed by atoms with Crippen molar-refractivity contribution in [1.82, 2.24) is 20.4 Å². The van der Waals surface area contributed by atoms with Gasteiger partial charge in [-0.1, -0.05) is 13.8 Å². The van der Waals surface area contributed by atoms with Crippen molar-refractivity contribution in [3.63, 3.8) is 0 Å². The molecule has 0 aromatic carbocycles. The molecular weight excluding hydrogens is 318 g/mol. The van der Waals surface area contributed by atoms with Crippen LogP contribution in [0.25, 0.3) is 0 Å². The van der Waals surface area contributed by atoms with Crippen LogP contribution in [0.5, 0.6) is 0 Å². The van der Waals surface area contributed by atoms with Gasteiger partial charge >= 0.3 is 0 Å². The fourth-order valence-corrected chi connectivity index (χ4v) is 2.75. The number of nitrogens with one attached hydrogen (secondary N) is 2. The molecule has 2 aromatic rings. The summed E-state index contributed by atoms with van der Waals surface area (Å²) in [7, 11) is 4.04. The van der Waals surface area contributed by atoms with E-state index in [4.69, 9.17) is 4.42 Å². The fraction of sp³-hybridized carbons (Fsp3) is 0.556. The number of aryl methyl sites for hydroxylation is 1. The van der Waals surface area contributed by atoms with Crippen molar-refractivity contribution < 1.29 is 9.21 Å². The molecule has 0 spiro atoms. The van der Waals surface area contributed by atoms with Gasteiger partial charge in [-0.05, 0) is 25.0 Å². The third kappa shape index (κ3) is 5.35. The van der Waals surface area contributed by atoms with Crippen LogP contribution in [-0.4, -0.2) is 36.3 Å². The lowest BCUT2D eigenvalue weighted by Crippen LogP contribution is -2.33. The lowest BCUT2D eigenvalue weighted by atomic mass is 10.2. The molecule has 0 unspecified atom stereocenters. The Morgan fingerprint density at radius 2 is 2.12 bits per heavy atom. The zero-order valence-corrected chi connectivity index (χ0v) is 15.8. The zero-order valence-electron chi connectivity index (χ0n) is 15.8. The monoisotopic (exact) mass is 347 g/mol. The van der Waals surface area contributed by atoms with Crippen LogP contribution in [0.15, 0.2) is 22.8 Å². The predicted molar refractivity (Wildman–Crippen MR) is 98.4 cm³/mol. The number of rotatable bonds is 9. The summed E-state index contributed by atoms with van der Waals surface area (Å²) in [5.41, 5.74) is 2.12. The second-order valence-corrected chi connectivity index (χ2v) is 6.82. The van der Waals surface area contributed by atoms with E-state index in [1.165, 1.54) is 0 Å². The number of furan rings is 1. The molecule has 7 nitrogen and oxygen atoms in total. The normalized spacial score (nSPS) is 11.1. The second kappa shape index (κ2) is 8.71. The summed E-state index contributed by atoms with van der Waals surface area (Å²) in [6, 6.07) is 3.64.